The lowest BCUT2D eigenvalue weighted by Crippen LogP contribution is -2.46. The van der Waals surface area contributed by atoms with Crippen molar-refractivity contribution >= 4 is 27.3 Å². The number of rotatable bonds is 2. The van der Waals surface area contributed by atoms with Crippen molar-refractivity contribution in [2.75, 3.05) is 18.3 Å². The summed E-state index contributed by atoms with van der Waals surface area (Å²) < 4.78 is 33.5. The molecule has 0 aromatic heterocycles. The first-order chi connectivity index (χ1) is 9.78. The molecule has 1 unspecified atom stereocenters. The molecule has 1 aromatic rings. The minimum atomic E-state index is -3.08. The maximum absolute atomic E-state index is 12.3. The van der Waals surface area contributed by atoms with Gasteiger partial charge in [-0.25, -0.2) is 8.42 Å². The molecule has 1 amide bonds. The SMILES string of the molecule is CC1(NC(=O)c2cc(Cl)c3c(c2)OCO3)CCS(=O)(=O)C1. The lowest BCUT2D eigenvalue weighted by molar-refractivity contribution is 0.0915. The molecule has 6 nitrogen and oxygen atoms in total. The smallest absolute Gasteiger partial charge is 0.251 e. The standard InChI is InChI=1S/C13H14ClNO5S/c1-13(2-3-21(17,18)6-13)15-12(16)8-4-9(14)11-10(5-8)19-7-20-11/h4-5H,2-3,6-7H2,1H3,(H,15,16). The van der Waals surface area contributed by atoms with Crippen molar-refractivity contribution in [3.05, 3.63) is 22.7 Å². The number of halogens is 1. The molecular formula is C13H14ClNO5S. The van der Waals surface area contributed by atoms with Crippen LogP contribution in [0.2, 0.25) is 5.02 Å². The number of hydrogen-bond acceptors (Lipinski definition) is 5. The van der Waals surface area contributed by atoms with Gasteiger partial charge in [-0.05, 0) is 25.5 Å². The summed E-state index contributed by atoms with van der Waals surface area (Å²) in [6.07, 6.45) is 0.402. The Bertz CT molecular complexity index is 718. The fourth-order valence-corrected chi connectivity index (χ4v) is 4.91. The van der Waals surface area contributed by atoms with Crippen LogP contribution in [0, 0.1) is 0 Å². The van der Waals surface area contributed by atoms with Crippen LogP contribution in [0.5, 0.6) is 11.5 Å². The lowest BCUT2D eigenvalue weighted by Gasteiger charge is -2.24. The summed E-state index contributed by atoms with van der Waals surface area (Å²) in [6, 6.07) is 3.02. The number of ether oxygens (including phenoxy) is 2. The van der Waals surface area contributed by atoms with Gasteiger partial charge < -0.3 is 14.8 Å². The highest BCUT2D eigenvalue weighted by molar-refractivity contribution is 7.91. The first kappa shape index (κ1) is 14.5. The Morgan fingerprint density at radius 1 is 1.38 bits per heavy atom. The Labute approximate surface area is 127 Å². The molecule has 8 heteroatoms. The third kappa shape index (κ3) is 2.80. The highest BCUT2D eigenvalue weighted by Gasteiger charge is 2.39. The van der Waals surface area contributed by atoms with Crippen LogP contribution in [0.4, 0.5) is 0 Å². The zero-order valence-electron chi connectivity index (χ0n) is 11.3. The fraction of sp³-hybridized carbons (Fsp3) is 0.462. The van der Waals surface area contributed by atoms with Gasteiger partial charge >= 0.3 is 0 Å². The fourth-order valence-electron chi connectivity index (χ4n) is 2.55. The molecule has 1 fully saturated rings. The van der Waals surface area contributed by atoms with E-state index in [1.54, 1.807) is 6.92 Å². The number of fused-ring (bicyclic) bond motifs is 1. The number of hydrogen-bond donors (Lipinski definition) is 1. The molecule has 0 saturated carbocycles. The van der Waals surface area contributed by atoms with E-state index in [9.17, 15) is 13.2 Å². The van der Waals surface area contributed by atoms with Gasteiger partial charge in [-0.2, -0.15) is 0 Å². The molecule has 1 saturated heterocycles. The minimum Gasteiger partial charge on any atom is -0.454 e. The highest BCUT2D eigenvalue weighted by atomic mass is 35.5. The molecule has 2 aliphatic rings. The van der Waals surface area contributed by atoms with E-state index in [0.29, 0.717) is 28.5 Å². The Morgan fingerprint density at radius 3 is 2.81 bits per heavy atom. The average molecular weight is 332 g/mol. The van der Waals surface area contributed by atoms with Crippen LogP contribution in [-0.4, -0.2) is 38.2 Å². The highest BCUT2D eigenvalue weighted by Crippen LogP contribution is 2.39. The third-order valence-electron chi connectivity index (χ3n) is 3.61. The van der Waals surface area contributed by atoms with Crippen molar-refractivity contribution < 1.29 is 22.7 Å². The van der Waals surface area contributed by atoms with Gasteiger partial charge in [0.2, 0.25) is 6.79 Å². The predicted octanol–water partition coefficient (Wildman–Crippen LogP) is 1.38. The Balaban J connectivity index is 1.82. The molecule has 0 bridgehead atoms. The first-order valence-corrected chi connectivity index (χ1v) is 8.60. The second kappa shape index (κ2) is 4.78. The van der Waals surface area contributed by atoms with E-state index in [2.05, 4.69) is 5.32 Å². The number of carbonyl (C=O) groups excluding carboxylic acids is 1. The summed E-state index contributed by atoms with van der Waals surface area (Å²) >= 11 is 6.03. The maximum atomic E-state index is 12.3. The predicted molar refractivity (Wildman–Crippen MR) is 76.7 cm³/mol. The van der Waals surface area contributed by atoms with Crippen LogP contribution < -0.4 is 14.8 Å². The van der Waals surface area contributed by atoms with Crippen LogP contribution >= 0.6 is 11.6 Å². The van der Waals surface area contributed by atoms with Gasteiger partial charge in [-0.15, -0.1) is 0 Å². The Morgan fingerprint density at radius 2 is 2.14 bits per heavy atom. The van der Waals surface area contributed by atoms with E-state index in [4.69, 9.17) is 21.1 Å². The molecule has 1 N–H and O–H groups in total. The van der Waals surface area contributed by atoms with Crippen LogP contribution in [0.1, 0.15) is 23.7 Å². The quantitative estimate of drug-likeness (QED) is 0.885. The van der Waals surface area contributed by atoms with Crippen LogP contribution in [0.15, 0.2) is 12.1 Å². The van der Waals surface area contributed by atoms with Gasteiger partial charge in [-0.1, -0.05) is 11.6 Å². The summed E-state index contributed by atoms with van der Waals surface area (Å²) in [5.41, 5.74) is -0.437. The molecule has 114 valence electrons. The van der Waals surface area contributed by atoms with E-state index in [1.165, 1.54) is 12.1 Å². The van der Waals surface area contributed by atoms with Crippen molar-refractivity contribution in [1.29, 1.82) is 0 Å². The normalized spacial score (nSPS) is 25.8. The third-order valence-corrected chi connectivity index (χ3v) is 5.79. The summed E-state index contributed by atoms with van der Waals surface area (Å²) in [4.78, 5) is 12.3. The monoisotopic (exact) mass is 331 g/mol. The van der Waals surface area contributed by atoms with Crippen LogP contribution in [0.3, 0.4) is 0 Å². The van der Waals surface area contributed by atoms with Gasteiger partial charge in [0, 0.05) is 5.56 Å². The minimum absolute atomic E-state index is 0.0516. The zero-order valence-corrected chi connectivity index (χ0v) is 12.9. The van der Waals surface area contributed by atoms with E-state index >= 15 is 0 Å². The van der Waals surface area contributed by atoms with Crippen molar-refractivity contribution in [3.8, 4) is 11.5 Å². The molecule has 0 radical (unpaired) electrons. The topological polar surface area (TPSA) is 81.7 Å². The van der Waals surface area contributed by atoms with Gasteiger partial charge in [0.1, 0.15) is 0 Å². The van der Waals surface area contributed by atoms with Gasteiger partial charge in [0.05, 0.1) is 22.1 Å². The van der Waals surface area contributed by atoms with Crippen molar-refractivity contribution in [1.82, 2.24) is 5.32 Å². The van der Waals surface area contributed by atoms with Gasteiger partial charge in [0.25, 0.3) is 5.91 Å². The molecule has 21 heavy (non-hydrogen) atoms. The van der Waals surface area contributed by atoms with E-state index in [-0.39, 0.29) is 24.2 Å². The number of benzene rings is 1. The maximum Gasteiger partial charge on any atom is 0.251 e. The van der Waals surface area contributed by atoms with E-state index in [0.717, 1.165) is 0 Å². The molecular weight excluding hydrogens is 318 g/mol. The number of carbonyl (C=O) groups is 1. The molecule has 2 aliphatic heterocycles. The largest absolute Gasteiger partial charge is 0.454 e. The number of nitrogens with one attached hydrogen (secondary N) is 1. The van der Waals surface area contributed by atoms with Crippen molar-refractivity contribution in [2.24, 2.45) is 0 Å². The van der Waals surface area contributed by atoms with Crippen molar-refractivity contribution in [3.63, 3.8) is 0 Å². The molecule has 0 aliphatic carbocycles. The molecule has 1 atom stereocenters. The summed E-state index contributed by atoms with van der Waals surface area (Å²) in [5, 5.41) is 3.06. The van der Waals surface area contributed by atoms with E-state index in [1.807, 2.05) is 0 Å². The summed E-state index contributed by atoms with van der Waals surface area (Å²) in [7, 11) is -3.08. The van der Waals surface area contributed by atoms with Crippen LogP contribution in [0.25, 0.3) is 0 Å². The Hall–Kier alpha value is -1.47. The molecule has 2 heterocycles. The lowest BCUT2D eigenvalue weighted by atomic mass is 10.0. The summed E-state index contributed by atoms with van der Waals surface area (Å²) in [6.45, 7) is 1.79. The van der Waals surface area contributed by atoms with Crippen molar-refractivity contribution in [2.45, 2.75) is 18.9 Å². The van der Waals surface area contributed by atoms with Crippen LogP contribution in [-0.2, 0) is 9.84 Å². The summed E-state index contributed by atoms with van der Waals surface area (Å²) in [5.74, 6) is 0.491. The number of amides is 1. The second-order valence-corrected chi connectivity index (χ2v) is 8.14. The second-order valence-electron chi connectivity index (χ2n) is 5.55. The zero-order chi connectivity index (χ0) is 15.3. The number of sulfone groups is 1. The first-order valence-electron chi connectivity index (χ1n) is 6.40. The Kier molecular flexibility index (Phi) is 3.29. The van der Waals surface area contributed by atoms with Gasteiger partial charge in [-0.3, -0.25) is 4.79 Å². The average Bonchev–Trinajstić information content (AvgIpc) is 2.94. The molecule has 3 rings (SSSR count). The molecule has 1 aromatic carbocycles. The van der Waals surface area contributed by atoms with Gasteiger partial charge in [0.15, 0.2) is 21.3 Å². The van der Waals surface area contributed by atoms with E-state index < -0.39 is 15.4 Å². The molecule has 0 spiro atoms.